The van der Waals surface area contributed by atoms with Crippen LogP contribution in [0.1, 0.15) is 25.7 Å². The van der Waals surface area contributed by atoms with Crippen molar-refractivity contribution < 1.29 is 74.0 Å². The maximum atomic E-state index is 11.5. The van der Waals surface area contributed by atoms with Crippen LogP contribution >= 0.6 is 0 Å². The molecule has 7 N–H and O–H groups in total. The summed E-state index contributed by atoms with van der Waals surface area (Å²) in [4.78, 5) is 66.0. The molecule has 30 heavy (non-hydrogen) atoms. The molecule has 0 fully saturated rings. The molecule has 15 nitrogen and oxygen atoms in total. The molecule has 0 radical (unpaired) electrons. The van der Waals surface area contributed by atoms with Crippen molar-refractivity contribution >= 4 is 35.8 Å². The van der Waals surface area contributed by atoms with E-state index in [1.165, 1.54) is 0 Å². The number of esters is 2. The Balaban J connectivity index is 4.59. The van der Waals surface area contributed by atoms with Crippen LogP contribution in [-0.2, 0) is 38.2 Å². The predicted molar refractivity (Wildman–Crippen MR) is 86.8 cm³/mol. The monoisotopic (exact) mass is 440 g/mol. The molecule has 0 saturated heterocycles. The summed E-state index contributed by atoms with van der Waals surface area (Å²) in [6.07, 6.45) is -6.84. The lowest BCUT2D eigenvalue weighted by atomic mass is 9.96. The van der Waals surface area contributed by atoms with E-state index >= 15 is 0 Å². The normalized spacial score (nSPS) is 15.7. The summed E-state index contributed by atoms with van der Waals surface area (Å²) in [6, 6.07) is 0. The summed E-state index contributed by atoms with van der Waals surface area (Å²) < 4.78 is 8.88. The molecule has 0 amide bonds. The van der Waals surface area contributed by atoms with E-state index in [-0.39, 0.29) is 0 Å². The fourth-order valence-corrected chi connectivity index (χ4v) is 1.93. The van der Waals surface area contributed by atoms with Gasteiger partial charge in [-0.3, -0.25) is 19.2 Å². The van der Waals surface area contributed by atoms with Crippen LogP contribution in [0.2, 0.25) is 0 Å². The van der Waals surface area contributed by atoms with Crippen LogP contribution in [0.15, 0.2) is 0 Å². The van der Waals surface area contributed by atoms with Crippen LogP contribution in [0, 0.1) is 0 Å². The van der Waals surface area contributed by atoms with Crippen LogP contribution in [0.3, 0.4) is 0 Å². The molecule has 2 unspecified atom stereocenters. The number of carbonyl (C=O) groups is 6. The second-order valence-corrected chi connectivity index (χ2v) is 6.19. The summed E-state index contributed by atoms with van der Waals surface area (Å²) in [5, 5.41) is 63.6. The lowest BCUT2D eigenvalue weighted by molar-refractivity contribution is -0.174. The van der Waals surface area contributed by atoms with Crippen LogP contribution in [0.25, 0.3) is 0 Å². The second-order valence-electron chi connectivity index (χ2n) is 6.19. The molecule has 0 aromatic rings. The van der Waals surface area contributed by atoms with E-state index in [0.717, 1.165) is 0 Å². The highest BCUT2D eigenvalue weighted by Crippen LogP contribution is 2.18. The average Bonchev–Trinajstić information content (AvgIpc) is 2.56. The Morgan fingerprint density at radius 1 is 0.633 bits per heavy atom. The molecule has 0 aromatic carbocycles. The lowest BCUT2D eigenvalue weighted by Gasteiger charge is -2.21. The smallest absolute Gasteiger partial charge is 0.336 e. The molecule has 0 aliphatic carbocycles. The molecular weight excluding hydrogens is 420 g/mol. The first kappa shape index (κ1) is 26.7. The van der Waals surface area contributed by atoms with Gasteiger partial charge in [0.2, 0.25) is 0 Å². The number of hydrogen-bond acceptors (Lipinski definition) is 11. The maximum Gasteiger partial charge on any atom is 0.336 e. The van der Waals surface area contributed by atoms with E-state index in [1.54, 1.807) is 0 Å². The lowest BCUT2D eigenvalue weighted by Crippen LogP contribution is -2.43. The van der Waals surface area contributed by atoms with Crippen molar-refractivity contribution in [2.45, 2.75) is 43.0 Å². The molecule has 0 aliphatic rings. The minimum atomic E-state index is -2.95. The van der Waals surface area contributed by atoms with Gasteiger partial charge in [0.25, 0.3) is 0 Å². The van der Waals surface area contributed by atoms with Crippen molar-refractivity contribution in [1.29, 1.82) is 0 Å². The van der Waals surface area contributed by atoms with Crippen molar-refractivity contribution in [2.75, 3.05) is 13.2 Å². The van der Waals surface area contributed by atoms with Gasteiger partial charge in [-0.25, -0.2) is 9.59 Å². The van der Waals surface area contributed by atoms with Gasteiger partial charge >= 0.3 is 35.8 Å². The number of carboxylic acids is 4. The van der Waals surface area contributed by atoms with Gasteiger partial charge in [-0.1, -0.05) is 0 Å². The molecule has 15 heteroatoms. The SMILES string of the molecule is O=C(O)CC(O)(CC(=O)OCC(O)COC(=O)CC(O)(CC(=O)O)C(=O)O)C(=O)O. The minimum Gasteiger partial charge on any atom is -0.481 e. The van der Waals surface area contributed by atoms with Gasteiger partial charge in [0.1, 0.15) is 19.3 Å². The molecule has 0 spiro atoms. The Hall–Kier alpha value is -3.30. The first-order valence-electron chi connectivity index (χ1n) is 7.96. The maximum absolute atomic E-state index is 11.5. The number of aliphatic hydroxyl groups excluding tert-OH is 1. The van der Waals surface area contributed by atoms with Crippen molar-refractivity contribution in [3.8, 4) is 0 Å². The zero-order valence-corrected chi connectivity index (χ0v) is 15.2. The van der Waals surface area contributed by atoms with E-state index in [2.05, 4.69) is 9.47 Å². The molecule has 0 aromatic heterocycles. The summed E-state index contributed by atoms with van der Waals surface area (Å²) in [5.41, 5.74) is -5.91. The van der Waals surface area contributed by atoms with Crippen LogP contribution < -0.4 is 0 Å². The number of aliphatic hydroxyl groups is 3. The van der Waals surface area contributed by atoms with Crippen molar-refractivity contribution in [3.05, 3.63) is 0 Å². The fraction of sp³-hybridized carbons (Fsp3) is 0.600. The van der Waals surface area contributed by atoms with Gasteiger partial charge in [-0.2, -0.15) is 0 Å². The topological polar surface area (TPSA) is 262 Å². The van der Waals surface area contributed by atoms with E-state index in [4.69, 9.17) is 20.4 Å². The number of rotatable bonds is 14. The van der Waals surface area contributed by atoms with E-state index in [0.29, 0.717) is 0 Å². The molecule has 0 heterocycles. The summed E-state index contributed by atoms with van der Waals surface area (Å²) in [6.45, 7) is -1.76. The van der Waals surface area contributed by atoms with Gasteiger partial charge in [0.15, 0.2) is 11.2 Å². The number of hydrogen-bond donors (Lipinski definition) is 7. The highest BCUT2D eigenvalue weighted by molar-refractivity contribution is 5.89. The van der Waals surface area contributed by atoms with Crippen molar-refractivity contribution in [2.24, 2.45) is 0 Å². The molecular formula is C15H20O15. The Kier molecular flexibility index (Phi) is 9.82. The molecule has 170 valence electrons. The van der Waals surface area contributed by atoms with Gasteiger partial charge in [-0.15, -0.1) is 0 Å². The first-order valence-corrected chi connectivity index (χ1v) is 7.96. The number of carbonyl (C=O) groups excluding carboxylic acids is 2. The van der Waals surface area contributed by atoms with Crippen molar-refractivity contribution in [3.63, 3.8) is 0 Å². The van der Waals surface area contributed by atoms with E-state index < -0.39 is 92.0 Å². The molecule has 0 aliphatic heterocycles. The van der Waals surface area contributed by atoms with Crippen molar-refractivity contribution in [1.82, 2.24) is 0 Å². The van der Waals surface area contributed by atoms with Crippen LogP contribution in [0.5, 0.6) is 0 Å². The number of aliphatic carboxylic acids is 4. The van der Waals surface area contributed by atoms with Gasteiger partial charge in [-0.05, 0) is 0 Å². The Morgan fingerprint density at radius 3 is 1.17 bits per heavy atom. The average molecular weight is 440 g/mol. The molecule has 0 rings (SSSR count). The third-order valence-electron chi connectivity index (χ3n) is 3.43. The molecule has 0 saturated carbocycles. The summed E-state index contributed by atoms with van der Waals surface area (Å²) in [5.74, 6) is -10.2. The quantitative estimate of drug-likeness (QED) is 0.131. The predicted octanol–water partition coefficient (Wildman–Crippen LogP) is -3.21. The Labute approximate surface area is 167 Å². The first-order chi connectivity index (χ1) is 13.6. The van der Waals surface area contributed by atoms with E-state index in [1.807, 2.05) is 0 Å². The van der Waals surface area contributed by atoms with Gasteiger partial charge in [0.05, 0.1) is 25.7 Å². The third-order valence-corrected chi connectivity index (χ3v) is 3.43. The minimum absolute atomic E-state index is 0.882. The van der Waals surface area contributed by atoms with Crippen LogP contribution in [-0.4, -0.2) is 102 Å². The largest absolute Gasteiger partial charge is 0.481 e. The number of ether oxygens (including phenoxy) is 2. The zero-order valence-electron chi connectivity index (χ0n) is 15.2. The van der Waals surface area contributed by atoms with Gasteiger partial charge in [0, 0.05) is 0 Å². The standard InChI is InChI=1S/C15H20O15/c16-7(5-29-10(21)3-14(27,12(23)24)1-8(17)18)6-30-11(22)4-15(28,13(25)26)2-9(19)20/h7,16,27-28H,1-6H2,(H,17,18)(H,19,20)(H,23,24)(H,25,26). The van der Waals surface area contributed by atoms with Crippen LogP contribution in [0.4, 0.5) is 0 Å². The Bertz CT molecular complexity index is 642. The van der Waals surface area contributed by atoms with E-state index in [9.17, 15) is 44.1 Å². The third kappa shape index (κ3) is 9.26. The zero-order chi connectivity index (χ0) is 23.7. The fourth-order valence-electron chi connectivity index (χ4n) is 1.93. The number of carboxylic acid groups (broad SMARTS) is 4. The highest BCUT2D eigenvalue weighted by atomic mass is 16.6. The highest BCUT2D eigenvalue weighted by Gasteiger charge is 2.42. The van der Waals surface area contributed by atoms with Gasteiger partial charge < -0.3 is 45.2 Å². The molecule has 0 bridgehead atoms. The second kappa shape index (κ2) is 11.0. The summed E-state index contributed by atoms with van der Waals surface area (Å²) in [7, 11) is 0. The summed E-state index contributed by atoms with van der Waals surface area (Å²) >= 11 is 0. The Morgan fingerprint density at radius 2 is 0.933 bits per heavy atom. The molecule has 2 atom stereocenters.